The quantitative estimate of drug-likeness (QED) is 0.697. The molecule has 0 spiro atoms. The van der Waals surface area contributed by atoms with E-state index in [1.165, 1.54) is 12.1 Å². The summed E-state index contributed by atoms with van der Waals surface area (Å²) in [5.74, 6) is 2.19. The molecule has 0 radical (unpaired) electrons. The first-order chi connectivity index (χ1) is 10.7. The molecule has 0 aromatic heterocycles. The zero-order chi connectivity index (χ0) is 15.8. The normalized spacial score (nSPS) is 11.9. The van der Waals surface area contributed by atoms with E-state index < -0.39 is 10.8 Å². The standard InChI is InChI=1S/C17H19FO3S/c1-20-17-5-2-4-14(12-17)13-22(19)11-3-10-21-16-8-6-15(18)7-9-16/h2,4-9,12H,3,10-11,13H2,1H3/t22-/m0/s1. The van der Waals surface area contributed by atoms with Gasteiger partial charge in [-0.3, -0.25) is 4.21 Å². The van der Waals surface area contributed by atoms with Crippen LogP contribution in [0.2, 0.25) is 0 Å². The fourth-order valence-electron chi connectivity index (χ4n) is 1.96. The molecule has 0 aliphatic heterocycles. The molecule has 2 aromatic rings. The summed E-state index contributed by atoms with van der Waals surface area (Å²) in [6, 6.07) is 13.5. The molecule has 0 amide bonds. The first-order valence-corrected chi connectivity index (χ1v) is 8.52. The lowest BCUT2D eigenvalue weighted by atomic mass is 10.2. The first-order valence-electron chi connectivity index (χ1n) is 7.03. The van der Waals surface area contributed by atoms with Gasteiger partial charge in [0.15, 0.2) is 0 Å². The Bertz CT molecular complexity index is 614. The van der Waals surface area contributed by atoms with Crippen molar-refractivity contribution in [3.8, 4) is 11.5 Å². The number of methoxy groups -OCH3 is 1. The average Bonchev–Trinajstić information content (AvgIpc) is 2.53. The topological polar surface area (TPSA) is 35.5 Å². The van der Waals surface area contributed by atoms with E-state index in [0.29, 0.717) is 30.3 Å². The molecule has 0 saturated heterocycles. The van der Waals surface area contributed by atoms with E-state index in [4.69, 9.17) is 9.47 Å². The van der Waals surface area contributed by atoms with Crippen molar-refractivity contribution in [1.29, 1.82) is 0 Å². The van der Waals surface area contributed by atoms with Gasteiger partial charge in [0, 0.05) is 22.3 Å². The van der Waals surface area contributed by atoms with E-state index in [-0.39, 0.29) is 5.82 Å². The van der Waals surface area contributed by atoms with Crippen LogP contribution in [0.15, 0.2) is 48.5 Å². The van der Waals surface area contributed by atoms with Crippen LogP contribution in [0.3, 0.4) is 0 Å². The molecule has 0 N–H and O–H groups in total. The van der Waals surface area contributed by atoms with Crippen molar-refractivity contribution >= 4 is 10.8 Å². The second kappa shape index (κ2) is 8.54. The van der Waals surface area contributed by atoms with E-state index in [1.54, 1.807) is 19.2 Å². The predicted octanol–water partition coefficient (Wildman–Crippen LogP) is 3.55. The Morgan fingerprint density at radius 3 is 2.59 bits per heavy atom. The molecule has 2 aromatic carbocycles. The monoisotopic (exact) mass is 322 g/mol. The Morgan fingerprint density at radius 1 is 1.09 bits per heavy atom. The van der Waals surface area contributed by atoms with Crippen LogP contribution in [-0.2, 0) is 16.6 Å². The molecule has 118 valence electrons. The number of hydrogen-bond donors (Lipinski definition) is 0. The van der Waals surface area contributed by atoms with Gasteiger partial charge in [0.2, 0.25) is 0 Å². The number of hydrogen-bond acceptors (Lipinski definition) is 3. The fourth-order valence-corrected chi connectivity index (χ4v) is 3.10. The van der Waals surface area contributed by atoms with E-state index in [9.17, 15) is 8.60 Å². The van der Waals surface area contributed by atoms with Gasteiger partial charge in [-0.25, -0.2) is 4.39 Å². The molecule has 3 nitrogen and oxygen atoms in total. The van der Waals surface area contributed by atoms with E-state index >= 15 is 0 Å². The molecular weight excluding hydrogens is 303 g/mol. The minimum Gasteiger partial charge on any atom is -0.497 e. The van der Waals surface area contributed by atoms with Gasteiger partial charge in [0.25, 0.3) is 0 Å². The van der Waals surface area contributed by atoms with Gasteiger partial charge in [0.1, 0.15) is 17.3 Å². The van der Waals surface area contributed by atoms with Gasteiger partial charge in [-0.1, -0.05) is 12.1 Å². The molecule has 0 bridgehead atoms. The summed E-state index contributed by atoms with van der Waals surface area (Å²) in [5, 5.41) is 0. The molecule has 0 saturated carbocycles. The van der Waals surface area contributed by atoms with Crippen molar-refractivity contribution in [2.75, 3.05) is 19.5 Å². The zero-order valence-corrected chi connectivity index (χ0v) is 13.3. The predicted molar refractivity (Wildman–Crippen MR) is 86.2 cm³/mol. The Balaban J connectivity index is 1.70. The van der Waals surface area contributed by atoms with Crippen molar-refractivity contribution in [2.24, 2.45) is 0 Å². The highest BCUT2D eigenvalue weighted by Gasteiger charge is 2.04. The van der Waals surface area contributed by atoms with Crippen molar-refractivity contribution in [3.05, 3.63) is 59.9 Å². The van der Waals surface area contributed by atoms with Gasteiger partial charge in [-0.2, -0.15) is 0 Å². The van der Waals surface area contributed by atoms with Crippen LogP contribution in [-0.4, -0.2) is 23.7 Å². The summed E-state index contributed by atoms with van der Waals surface area (Å²) in [6.45, 7) is 0.468. The molecule has 0 aliphatic rings. The van der Waals surface area contributed by atoms with Crippen LogP contribution >= 0.6 is 0 Å². The highest BCUT2D eigenvalue weighted by Crippen LogP contribution is 2.15. The van der Waals surface area contributed by atoms with Gasteiger partial charge >= 0.3 is 0 Å². The Kier molecular flexibility index (Phi) is 6.40. The van der Waals surface area contributed by atoms with Crippen molar-refractivity contribution < 1.29 is 18.1 Å². The third-order valence-electron chi connectivity index (χ3n) is 3.06. The Hall–Kier alpha value is -1.88. The lowest BCUT2D eigenvalue weighted by molar-refractivity contribution is 0.318. The maximum Gasteiger partial charge on any atom is 0.123 e. The van der Waals surface area contributed by atoms with Crippen LogP contribution in [0.25, 0.3) is 0 Å². The van der Waals surface area contributed by atoms with E-state index in [0.717, 1.165) is 11.3 Å². The summed E-state index contributed by atoms with van der Waals surface area (Å²) in [6.07, 6.45) is 0.688. The molecule has 0 heterocycles. The molecule has 0 fully saturated rings. The van der Waals surface area contributed by atoms with E-state index in [1.807, 2.05) is 24.3 Å². The maximum absolute atomic E-state index is 12.7. The zero-order valence-electron chi connectivity index (χ0n) is 12.5. The molecule has 5 heteroatoms. The number of ether oxygens (including phenoxy) is 2. The molecular formula is C17H19FO3S. The first kappa shape index (κ1) is 16.5. The molecule has 0 unspecified atom stereocenters. The highest BCUT2D eigenvalue weighted by molar-refractivity contribution is 7.84. The van der Waals surface area contributed by atoms with E-state index in [2.05, 4.69) is 0 Å². The summed E-state index contributed by atoms with van der Waals surface area (Å²) >= 11 is 0. The number of rotatable bonds is 8. The van der Waals surface area contributed by atoms with Crippen LogP contribution in [0.1, 0.15) is 12.0 Å². The molecule has 1 atom stereocenters. The van der Waals surface area contributed by atoms with Gasteiger partial charge < -0.3 is 9.47 Å². The molecule has 2 rings (SSSR count). The third kappa shape index (κ3) is 5.48. The Labute approximate surface area is 132 Å². The lowest BCUT2D eigenvalue weighted by Crippen LogP contribution is -2.06. The largest absolute Gasteiger partial charge is 0.497 e. The lowest BCUT2D eigenvalue weighted by Gasteiger charge is -2.07. The number of halogens is 1. The molecule has 0 aliphatic carbocycles. The maximum atomic E-state index is 12.7. The smallest absolute Gasteiger partial charge is 0.123 e. The second-order valence-corrected chi connectivity index (χ2v) is 6.37. The Morgan fingerprint density at radius 2 is 1.86 bits per heavy atom. The SMILES string of the molecule is COc1cccc(C[S@@](=O)CCCOc2ccc(F)cc2)c1. The van der Waals surface area contributed by atoms with Gasteiger partial charge in [-0.05, 0) is 48.4 Å². The summed E-state index contributed by atoms with van der Waals surface area (Å²) in [4.78, 5) is 0. The van der Waals surface area contributed by atoms with Crippen LogP contribution in [0.5, 0.6) is 11.5 Å². The second-order valence-electron chi connectivity index (χ2n) is 4.80. The van der Waals surface area contributed by atoms with Crippen molar-refractivity contribution in [2.45, 2.75) is 12.2 Å². The van der Waals surface area contributed by atoms with Crippen molar-refractivity contribution in [1.82, 2.24) is 0 Å². The highest BCUT2D eigenvalue weighted by atomic mass is 32.2. The van der Waals surface area contributed by atoms with Crippen LogP contribution in [0.4, 0.5) is 4.39 Å². The summed E-state index contributed by atoms with van der Waals surface area (Å²) < 4.78 is 35.4. The average molecular weight is 322 g/mol. The van der Waals surface area contributed by atoms with Crippen molar-refractivity contribution in [3.63, 3.8) is 0 Å². The van der Waals surface area contributed by atoms with Gasteiger partial charge in [-0.15, -0.1) is 0 Å². The summed E-state index contributed by atoms with van der Waals surface area (Å²) in [5.41, 5.74) is 0.997. The summed E-state index contributed by atoms with van der Waals surface area (Å²) in [7, 11) is 0.676. The number of benzene rings is 2. The molecule has 22 heavy (non-hydrogen) atoms. The third-order valence-corrected chi connectivity index (χ3v) is 4.46. The van der Waals surface area contributed by atoms with Gasteiger partial charge in [0.05, 0.1) is 13.7 Å². The minimum absolute atomic E-state index is 0.285. The van der Waals surface area contributed by atoms with Crippen LogP contribution < -0.4 is 9.47 Å². The minimum atomic E-state index is -0.938. The fraction of sp³-hybridized carbons (Fsp3) is 0.294. The van der Waals surface area contributed by atoms with Crippen LogP contribution in [0, 0.1) is 5.82 Å².